The van der Waals surface area contributed by atoms with Gasteiger partial charge in [-0.15, -0.1) is 0 Å². The number of hydrogen-bond donors (Lipinski definition) is 2. The molecule has 1 fully saturated rings. The van der Waals surface area contributed by atoms with E-state index in [1.54, 1.807) is 18.4 Å². The first kappa shape index (κ1) is 18.5. The van der Waals surface area contributed by atoms with Crippen molar-refractivity contribution in [2.45, 2.75) is 30.8 Å². The lowest BCUT2D eigenvalue weighted by Gasteiger charge is -2.27. The highest BCUT2D eigenvalue weighted by Gasteiger charge is 2.47. The van der Waals surface area contributed by atoms with Crippen molar-refractivity contribution >= 4 is 5.91 Å². The maximum atomic E-state index is 12.8. The number of furan rings is 1. The summed E-state index contributed by atoms with van der Waals surface area (Å²) in [5.41, 5.74) is 1.08. The summed E-state index contributed by atoms with van der Waals surface area (Å²) < 4.78 is 5.45. The summed E-state index contributed by atoms with van der Waals surface area (Å²) >= 11 is 0. The molecule has 4 rings (SSSR count). The highest BCUT2D eigenvalue weighted by Crippen LogP contribution is 2.45. The highest BCUT2D eigenvalue weighted by molar-refractivity contribution is 5.77. The van der Waals surface area contributed by atoms with Crippen molar-refractivity contribution in [1.82, 2.24) is 5.32 Å². The fourth-order valence-corrected chi connectivity index (χ4v) is 3.81. The Bertz CT molecular complexity index is 849. The van der Waals surface area contributed by atoms with E-state index in [1.807, 2.05) is 60.7 Å². The number of carbonyl (C=O) groups is 1. The molecular weight excluding hydrogens is 350 g/mol. The van der Waals surface area contributed by atoms with E-state index in [2.05, 4.69) is 5.32 Å². The number of aliphatic hydroxyl groups is 1. The van der Waals surface area contributed by atoms with E-state index in [9.17, 15) is 9.90 Å². The molecule has 1 heterocycles. The van der Waals surface area contributed by atoms with E-state index in [1.165, 1.54) is 0 Å². The zero-order valence-corrected chi connectivity index (χ0v) is 15.8. The Morgan fingerprint density at radius 1 is 1.00 bits per heavy atom. The standard InChI is InChI=1S/C24H25NO3/c26-23(25-17-24(27,20-13-14-20)22-12-7-15-28-22)16-21(18-8-3-1-4-9-18)19-10-5-2-6-11-19/h1-12,15,20-21,27H,13-14,16-17H2,(H,25,26). The molecule has 2 aromatic carbocycles. The summed E-state index contributed by atoms with van der Waals surface area (Å²) in [6.07, 6.45) is 3.78. The normalized spacial score (nSPS) is 15.9. The number of rotatable bonds is 8. The van der Waals surface area contributed by atoms with Crippen molar-refractivity contribution < 1.29 is 14.3 Å². The van der Waals surface area contributed by atoms with Crippen LogP contribution in [0.15, 0.2) is 83.5 Å². The van der Waals surface area contributed by atoms with Crippen LogP contribution in [0.5, 0.6) is 0 Å². The van der Waals surface area contributed by atoms with Gasteiger partial charge < -0.3 is 14.8 Å². The van der Waals surface area contributed by atoms with Gasteiger partial charge in [-0.1, -0.05) is 60.7 Å². The van der Waals surface area contributed by atoms with Gasteiger partial charge in [-0.05, 0) is 42.0 Å². The highest BCUT2D eigenvalue weighted by atomic mass is 16.4. The number of amides is 1. The SMILES string of the molecule is O=C(CC(c1ccccc1)c1ccccc1)NCC(O)(c1ccco1)C1CC1. The van der Waals surface area contributed by atoms with Crippen LogP contribution in [0.3, 0.4) is 0 Å². The molecule has 1 aliphatic rings. The van der Waals surface area contributed by atoms with Crippen LogP contribution in [0.4, 0.5) is 0 Å². The van der Waals surface area contributed by atoms with E-state index < -0.39 is 5.60 Å². The van der Waals surface area contributed by atoms with Crippen LogP contribution in [0.1, 0.15) is 42.1 Å². The minimum absolute atomic E-state index is 0.0277. The third-order valence-electron chi connectivity index (χ3n) is 5.55. The molecule has 4 nitrogen and oxygen atoms in total. The first-order valence-corrected chi connectivity index (χ1v) is 9.80. The molecule has 1 unspecified atom stereocenters. The molecule has 1 atom stereocenters. The molecule has 0 bridgehead atoms. The minimum Gasteiger partial charge on any atom is -0.466 e. The van der Waals surface area contributed by atoms with Gasteiger partial charge in [-0.3, -0.25) is 4.79 Å². The monoisotopic (exact) mass is 375 g/mol. The fourth-order valence-electron chi connectivity index (χ4n) is 3.81. The lowest BCUT2D eigenvalue weighted by Crippen LogP contribution is -2.42. The van der Waals surface area contributed by atoms with Crippen LogP contribution in [0.25, 0.3) is 0 Å². The van der Waals surface area contributed by atoms with Crippen molar-refractivity contribution in [3.63, 3.8) is 0 Å². The van der Waals surface area contributed by atoms with Gasteiger partial charge in [0.25, 0.3) is 0 Å². The maximum Gasteiger partial charge on any atom is 0.221 e. The van der Waals surface area contributed by atoms with Crippen molar-refractivity contribution in [2.24, 2.45) is 5.92 Å². The Labute approximate surface area is 165 Å². The summed E-state index contributed by atoms with van der Waals surface area (Å²) in [6.45, 7) is 0.167. The predicted octanol–water partition coefficient (Wildman–Crippen LogP) is 4.22. The van der Waals surface area contributed by atoms with Gasteiger partial charge in [0, 0.05) is 12.3 Å². The maximum absolute atomic E-state index is 12.8. The molecule has 1 saturated carbocycles. The van der Waals surface area contributed by atoms with E-state index in [0.717, 1.165) is 24.0 Å². The smallest absolute Gasteiger partial charge is 0.221 e. The Morgan fingerprint density at radius 3 is 2.11 bits per heavy atom. The summed E-state index contributed by atoms with van der Waals surface area (Å²) in [7, 11) is 0. The second-order valence-electron chi connectivity index (χ2n) is 7.53. The number of benzene rings is 2. The summed E-state index contributed by atoms with van der Waals surface area (Å²) in [6, 6.07) is 23.7. The number of nitrogens with one attached hydrogen (secondary N) is 1. The largest absolute Gasteiger partial charge is 0.466 e. The van der Waals surface area contributed by atoms with Gasteiger partial charge in [0.2, 0.25) is 5.91 Å². The fraction of sp³-hybridized carbons (Fsp3) is 0.292. The topological polar surface area (TPSA) is 62.5 Å². The van der Waals surface area contributed by atoms with Gasteiger partial charge >= 0.3 is 0 Å². The number of carbonyl (C=O) groups excluding carboxylic acids is 1. The van der Waals surface area contributed by atoms with Gasteiger partial charge in [0.15, 0.2) is 0 Å². The van der Waals surface area contributed by atoms with Crippen LogP contribution >= 0.6 is 0 Å². The lowest BCUT2D eigenvalue weighted by molar-refractivity contribution is -0.123. The molecule has 0 aliphatic heterocycles. The molecule has 1 amide bonds. The summed E-state index contributed by atoms with van der Waals surface area (Å²) in [5.74, 6) is 0.555. The van der Waals surface area contributed by atoms with Crippen molar-refractivity contribution in [2.75, 3.05) is 6.54 Å². The Morgan fingerprint density at radius 2 is 1.61 bits per heavy atom. The zero-order valence-electron chi connectivity index (χ0n) is 15.8. The third kappa shape index (κ3) is 4.02. The quantitative estimate of drug-likeness (QED) is 0.620. The molecule has 144 valence electrons. The number of hydrogen-bond acceptors (Lipinski definition) is 3. The predicted molar refractivity (Wildman–Crippen MR) is 108 cm³/mol. The van der Waals surface area contributed by atoms with Crippen molar-refractivity contribution in [3.8, 4) is 0 Å². The van der Waals surface area contributed by atoms with Crippen LogP contribution in [-0.4, -0.2) is 17.6 Å². The first-order chi connectivity index (χ1) is 13.7. The van der Waals surface area contributed by atoms with Gasteiger partial charge in [0.1, 0.15) is 11.4 Å². The zero-order chi connectivity index (χ0) is 19.4. The molecule has 3 aromatic rings. The van der Waals surface area contributed by atoms with Crippen LogP contribution < -0.4 is 5.32 Å². The molecule has 1 aromatic heterocycles. The van der Waals surface area contributed by atoms with Crippen molar-refractivity contribution in [3.05, 3.63) is 95.9 Å². The average Bonchev–Trinajstić information content (AvgIpc) is 3.46. The molecule has 0 spiro atoms. The second kappa shape index (κ2) is 8.03. The van der Waals surface area contributed by atoms with Crippen molar-refractivity contribution in [1.29, 1.82) is 0 Å². The van der Waals surface area contributed by atoms with Gasteiger partial charge in [-0.25, -0.2) is 0 Å². The molecule has 2 N–H and O–H groups in total. The third-order valence-corrected chi connectivity index (χ3v) is 5.55. The second-order valence-corrected chi connectivity index (χ2v) is 7.53. The van der Waals surface area contributed by atoms with E-state index in [-0.39, 0.29) is 24.3 Å². The Balaban J connectivity index is 1.48. The minimum atomic E-state index is -1.13. The molecule has 1 aliphatic carbocycles. The van der Waals surface area contributed by atoms with E-state index in [0.29, 0.717) is 12.2 Å². The molecule has 0 radical (unpaired) electrons. The Hall–Kier alpha value is -2.85. The van der Waals surface area contributed by atoms with Gasteiger partial charge in [0.05, 0.1) is 12.8 Å². The molecule has 28 heavy (non-hydrogen) atoms. The van der Waals surface area contributed by atoms with E-state index >= 15 is 0 Å². The van der Waals surface area contributed by atoms with Crippen LogP contribution in [-0.2, 0) is 10.4 Å². The Kier molecular flexibility index (Phi) is 5.31. The van der Waals surface area contributed by atoms with Gasteiger partial charge in [-0.2, -0.15) is 0 Å². The van der Waals surface area contributed by atoms with Crippen LogP contribution in [0.2, 0.25) is 0 Å². The molecule has 0 saturated heterocycles. The lowest BCUT2D eigenvalue weighted by atomic mass is 9.88. The summed E-state index contributed by atoms with van der Waals surface area (Å²) in [4.78, 5) is 12.8. The molecular formula is C24H25NO3. The first-order valence-electron chi connectivity index (χ1n) is 9.80. The summed E-state index contributed by atoms with van der Waals surface area (Å²) in [5, 5.41) is 14.1. The van der Waals surface area contributed by atoms with Crippen LogP contribution in [0, 0.1) is 5.92 Å². The van der Waals surface area contributed by atoms with E-state index in [4.69, 9.17) is 4.42 Å². The average molecular weight is 375 g/mol. The molecule has 4 heteroatoms.